The summed E-state index contributed by atoms with van der Waals surface area (Å²) in [6.45, 7) is 2.22. The fourth-order valence-electron chi connectivity index (χ4n) is 3.30. The summed E-state index contributed by atoms with van der Waals surface area (Å²) < 4.78 is 10.6. The van der Waals surface area contributed by atoms with Crippen molar-refractivity contribution >= 4 is 5.57 Å². The van der Waals surface area contributed by atoms with Gasteiger partial charge in [-0.15, -0.1) is 0 Å². The molecule has 0 atom stereocenters. The van der Waals surface area contributed by atoms with E-state index < -0.39 is 0 Å². The van der Waals surface area contributed by atoms with E-state index in [1.54, 1.807) is 14.2 Å². The van der Waals surface area contributed by atoms with Gasteiger partial charge in [0.2, 0.25) is 0 Å². The SMILES string of the molecule is CCC(=C(c1ccc(OC)cc1)c1ccc(OC)cc1)C1C=CC=C1. The molecule has 0 fully saturated rings. The van der Waals surface area contributed by atoms with Crippen LogP contribution >= 0.6 is 0 Å². The summed E-state index contributed by atoms with van der Waals surface area (Å²) in [4.78, 5) is 0. The zero-order chi connectivity index (χ0) is 17.6. The van der Waals surface area contributed by atoms with Crippen LogP contribution in [-0.4, -0.2) is 14.2 Å². The monoisotopic (exact) mass is 332 g/mol. The van der Waals surface area contributed by atoms with Gasteiger partial charge >= 0.3 is 0 Å². The van der Waals surface area contributed by atoms with Gasteiger partial charge in [0.25, 0.3) is 0 Å². The summed E-state index contributed by atoms with van der Waals surface area (Å²) in [6, 6.07) is 16.6. The first kappa shape index (κ1) is 17.1. The Balaban J connectivity index is 2.15. The molecule has 25 heavy (non-hydrogen) atoms. The second-order valence-corrected chi connectivity index (χ2v) is 6.01. The summed E-state index contributed by atoms with van der Waals surface area (Å²) in [5, 5.41) is 0. The highest BCUT2D eigenvalue weighted by Gasteiger charge is 2.17. The van der Waals surface area contributed by atoms with E-state index in [0.29, 0.717) is 5.92 Å². The number of methoxy groups -OCH3 is 2. The number of rotatable bonds is 6. The zero-order valence-corrected chi connectivity index (χ0v) is 15.0. The first-order valence-corrected chi connectivity index (χ1v) is 8.63. The van der Waals surface area contributed by atoms with E-state index in [4.69, 9.17) is 9.47 Å². The number of ether oxygens (including phenoxy) is 2. The average molecular weight is 332 g/mol. The molecule has 3 rings (SSSR count). The third-order valence-electron chi connectivity index (χ3n) is 4.61. The summed E-state index contributed by atoms with van der Waals surface area (Å²) in [5.74, 6) is 2.09. The van der Waals surface area contributed by atoms with Crippen LogP contribution in [-0.2, 0) is 0 Å². The smallest absolute Gasteiger partial charge is 0.118 e. The molecule has 1 aliphatic carbocycles. The molecule has 0 heterocycles. The van der Waals surface area contributed by atoms with Gasteiger partial charge in [-0.25, -0.2) is 0 Å². The molecule has 0 unspecified atom stereocenters. The van der Waals surface area contributed by atoms with Gasteiger partial charge < -0.3 is 9.47 Å². The van der Waals surface area contributed by atoms with Crippen molar-refractivity contribution in [2.75, 3.05) is 14.2 Å². The van der Waals surface area contributed by atoms with Crippen LogP contribution < -0.4 is 9.47 Å². The minimum atomic E-state index is 0.351. The van der Waals surface area contributed by atoms with Crippen LogP contribution in [0, 0.1) is 5.92 Å². The van der Waals surface area contributed by atoms with Crippen molar-refractivity contribution in [2.24, 2.45) is 5.92 Å². The lowest BCUT2D eigenvalue weighted by molar-refractivity contribution is 0.414. The van der Waals surface area contributed by atoms with Crippen LogP contribution in [0.25, 0.3) is 5.57 Å². The lowest BCUT2D eigenvalue weighted by Gasteiger charge is -2.19. The van der Waals surface area contributed by atoms with E-state index in [9.17, 15) is 0 Å². The lowest BCUT2D eigenvalue weighted by Crippen LogP contribution is -2.02. The van der Waals surface area contributed by atoms with Gasteiger partial charge in [-0.3, -0.25) is 0 Å². The predicted octanol–water partition coefficient (Wildman–Crippen LogP) is 5.66. The van der Waals surface area contributed by atoms with Crippen LogP contribution in [0.15, 0.2) is 78.4 Å². The normalized spacial score (nSPS) is 13.1. The van der Waals surface area contributed by atoms with E-state index >= 15 is 0 Å². The Kier molecular flexibility index (Phi) is 5.39. The van der Waals surface area contributed by atoms with Crippen LogP contribution in [0.2, 0.25) is 0 Å². The largest absolute Gasteiger partial charge is 0.497 e. The van der Waals surface area contributed by atoms with Crippen molar-refractivity contribution in [3.63, 3.8) is 0 Å². The third-order valence-corrected chi connectivity index (χ3v) is 4.61. The molecule has 0 N–H and O–H groups in total. The van der Waals surface area contributed by atoms with Crippen LogP contribution in [0.5, 0.6) is 11.5 Å². The maximum absolute atomic E-state index is 5.32. The highest BCUT2D eigenvalue weighted by molar-refractivity contribution is 5.83. The summed E-state index contributed by atoms with van der Waals surface area (Å²) in [7, 11) is 3.39. The third kappa shape index (κ3) is 3.69. The summed E-state index contributed by atoms with van der Waals surface area (Å²) in [5.41, 5.74) is 5.11. The standard InChI is InChI=1S/C23H24O2/c1-4-22(17-7-5-6-8-17)23(18-9-13-20(24-2)14-10-18)19-11-15-21(25-3)16-12-19/h5-17H,4H2,1-3H3. The van der Waals surface area contributed by atoms with Gasteiger partial charge in [-0.05, 0) is 47.4 Å². The molecular formula is C23H24O2. The van der Waals surface area contributed by atoms with E-state index in [2.05, 4.69) is 55.5 Å². The maximum Gasteiger partial charge on any atom is 0.118 e. The molecule has 128 valence electrons. The Bertz CT molecular complexity index is 731. The zero-order valence-electron chi connectivity index (χ0n) is 15.0. The van der Waals surface area contributed by atoms with Crippen LogP contribution in [0.4, 0.5) is 0 Å². The molecule has 2 heteroatoms. The van der Waals surface area contributed by atoms with E-state index in [-0.39, 0.29) is 0 Å². The minimum absolute atomic E-state index is 0.351. The van der Waals surface area contributed by atoms with Crippen molar-refractivity contribution in [2.45, 2.75) is 13.3 Å². The van der Waals surface area contributed by atoms with Crippen molar-refractivity contribution < 1.29 is 9.47 Å². The molecule has 0 radical (unpaired) electrons. The molecule has 0 aromatic heterocycles. The van der Waals surface area contributed by atoms with Gasteiger partial charge in [-0.1, -0.05) is 61.1 Å². The minimum Gasteiger partial charge on any atom is -0.497 e. The molecule has 2 aromatic rings. The maximum atomic E-state index is 5.32. The van der Waals surface area contributed by atoms with Gasteiger partial charge in [0.05, 0.1) is 14.2 Å². The second-order valence-electron chi connectivity index (χ2n) is 6.01. The van der Waals surface area contributed by atoms with Crippen molar-refractivity contribution in [3.8, 4) is 11.5 Å². The highest BCUT2D eigenvalue weighted by atomic mass is 16.5. The van der Waals surface area contributed by atoms with E-state index in [1.165, 1.54) is 22.3 Å². The first-order chi connectivity index (χ1) is 12.3. The molecule has 0 spiro atoms. The molecule has 0 amide bonds. The summed E-state index contributed by atoms with van der Waals surface area (Å²) >= 11 is 0. The van der Waals surface area contributed by atoms with Gasteiger partial charge in [-0.2, -0.15) is 0 Å². The van der Waals surface area contributed by atoms with Gasteiger partial charge in [0.15, 0.2) is 0 Å². The number of allylic oxidation sites excluding steroid dienone is 5. The molecule has 1 aliphatic rings. The first-order valence-electron chi connectivity index (χ1n) is 8.63. The quantitative estimate of drug-likeness (QED) is 0.680. The van der Waals surface area contributed by atoms with E-state index in [0.717, 1.165) is 17.9 Å². The van der Waals surface area contributed by atoms with Crippen molar-refractivity contribution in [1.82, 2.24) is 0 Å². The molecule has 2 nitrogen and oxygen atoms in total. The topological polar surface area (TPSA) is 18.5 Å². The van der Waals surface area contributed by atoms with Gasteiger partial charge in [0.1, 0.15) is 11.5 Å². The molecule has 2 aromatic carbocycles. The van der Waals surface area contributed by atoms with Crippen LogP contribution in [0.1, 0.15) is 24.5 Å². The average Bonchev–Trinajstić information content (AvgIpc) is 3.21. The Morgan fingerprint density at radius 3 is 1.56 bits per heavy atom. The number of hydrogen-bond donors (Lipinski definition) is 0. The van der Waals surface area contributed by atoms with Gasteiger partial charge in [0, 0.05) is 5.92 Å². The Labute approximate surface area is 150 Å². The highest BCUT2D eigenvalue weighted by Crippen LogP contribution is 2.36. The fourth-order valence-corrected chi connectivity index (χ4v) is 3.30. The molecule has 0 saturated carbocycles. The Morgan fingerprint density at radius 2 is 1.20 bits per heavy atom. The molecule has 0 aliphatic heterocycles. The van der Waals surface area contributed by atoms with E-state index in [1.807, 2.05) is 24.3 Å². The second kappa shape index (κ2) is 7.89. The predicted molar refractivity (Wildman–Crippen MR) is 104 cm³/mol. The fraction of sp³-hybridized carbons (Fsp3) is 0.217. The molecular weight excluding hydrogens is 308 g/mol. The Morgan fingerprint density at radius 1 is 0.760 bits per heavy atom. The Hall–Kier alpha value is -2.74. The lowest BCUT2D eigenvalue weighted by atomic mass is 9.85. The van der Waals surface area contributed by atoms with Crippen molar-refractivity contribution in [3.05, 3.63) is 89.5 Å². The number of hydrogen-bond acceptors (Lipinski definition) is 2. The molecule has 0 bridgehead atoms. The number of benzene rings is 2. The van der Waals surface area contributed by atoms with Crippen molar-refractivity contribution in [1.29, 1.82) is 0 Å². The summed E-state index contributed by atoms with van der Waals surface area (Å²) in [6.07, 6.45) is 9.75. The van der Waals surface area contributed by atoms with Crippen LogP contribution in [0.3, 0.4) is 0 Å². The molecule has 0 saturated heterocycles.